The van der Waals surface area contributed by atoms with Crippen molar-refractivity contribution in [1.29, 1.82) is 0 Å². The Morgan fingerprint density at radius 3 is 1.03 bits per heavy atom. The number of aliphatic hydroxyl groups excluding tert-OH is 15. The summed E-state index contributed by atoms with van der Waals surface area (Å²) in [5.41, 5.74) is 0. The molecular weight excluding hydrogens is 1390 g/mol. The van der Waals surface area contributed by atoms with Gasteiger partial charge in [-0.2, -0.15) is 0 Å². The third kappa shape index (κ3) is 35.5. The van der Waals surface area contributed by atoms with E-state index in [2.05, 4.69) is 14.0 Å². The number of rotatable bonds is 24. The molecule has 0 spiro atoms. The van der Waals surface area contributed by atoms with Crippen LogP contribution in [0.1, 0.15) is 108 Å². The number of hydrogen-bond donors (Lipinski definition) is 19. The van der Waals surface area contributed by atoms with E-state index >= 15 is 0 Å². The SMILES string of the molecule is CC(C)OC(=O)OCOP(=O)(CCC1OC(C)C(O)C(O)C1O)OCOC(=O)OC(C)C.CC1OC(CCP(=O)(O)O)C(O)C(O)C1O.CC1OC(CC[C-]=O)C(O)C(O)C1O.CC1OC(COP(=O)(O)O)C(O)C(O)C1O.CCOC(=O)CCC1OC(C)C(O)C(O)C1O.[Na+].[OH-]. The molecule has 0 amide bonds. The molecule has 5 aliphatic heterocycles. The van der Waals surface area contributed by atoms with Crippen LogP contribution in [0.4, 0.5) is 9.59 Å². The first-order chi connectivity index (χ1) is 43.8. The number of carbonyl (C=O) groups excluding carboxylic acids is 4. The average Bonchev–Trinajstić information content (AvgIpc) is 0.858. The molecule has 0 aromatic heterocycles. The van der Waals surface area contributed by atoms with Gasteiger partial charge in [0.2, 0.25) is 13.6 Å². The first kappa shape index (κ1) is 97.3. The van der Waals surface area contributed by atoms with Crippen LogP contribution in [0.2, 0.25) is 0 Å². The molecular formula is C53H101NaO40P3-. The van der Waals surface area contributed by atoms with Gasteiger partial charge in [-0.25, -0.2) is 14.2 Å². The molecule has 44 heteroatoms. The van der Waals surface area contributed by atoms with Gasteiger partial charge in [-0.1, -0.05) is 0 Å². The predicted molar refractivity (Wildman–Crippen MR) is 318 cm³/mol. The molecule has 5 heterocycles. The van der Waals surface area contributed by atoms with Gasteiger partial charge in [0.1, 0.15) is 97.7 Å². The first-order valence-electron chi connectivity index (χ1n) is 30.1. The van der Waals surface area contributed by atoms with Crippen LogP contribution in [0.5, 0.6) is 0 Å². The van der Waals surface area contributed by atoms with Crippen molar-refractivity contribution in [2.45, 2.75) is 273 Å². The van der Waals surface area contributed by atoms with E-state index in [4.69, 9.17) is 66.5 Å². The van der Waals surface area contributed by atoms with Gasteiger partial charge < -0.3 is 154 Å². The van der Waals surface area contributed by atoms with Crippen LogP contribution in [-0.4, -0.2) is 330 Å². The standard InChI is InChI=1S/C18H33O13P.C11H20O6.C9H15O5.C8H17O7P.C7H15O8P.Na.H2O/c1-10(2)29-17(22)25-8-27-32(24,28-9-26-18(23)30-11(3)4)7-6-13-15(20)16(21)14(19)12(5)31-13;1-3-16-8(12)5-4-7-10(14)11(15)9(13)6(2)17-7;1-5-7(11)9(13)8(12)6(14-5)3-2-4-10;1-4-6(9)8(11)7(10)5(15-4)2-3-16(12,13)14;1-3-5(8)7(10)6(9)4(15-3)2-14-16(11,12)13;;/h10-16,19-21H,6-9H2,1-5H3;6-7,9-11,13-15H,3-5H2,1-2H3;5-9,11-13H,2-3H2,1H3;4-11H,2-3H2,1H3,(H2,12,13,14);3-10H,2H2,1H3,(H2,11,12,13);;1H2/q;;-1;;;+1;/p-1. The zero-order chi connectivity index (χ0) is 73.2. The number of esters is 1. The summed E-state index contributed by atoms with van der Waals surface area (Å²) in [5.74, 6) is -0.364. The smallest absolute Gasteiger partial charge is 0.870 e. The summed E-state index contributed by atoms with van der Waals surface area (Å²) in [6.07, 6.45) is -28.3. The fourth-order valence-corrected chi connectivity index (χ4v) is 11.4. The quantitative estimate of drug-likeness (QED) is 0.0107. The molecule has 570 valence electrons. The number of ether oxygens (including phenoxy) is 10. The molecule has 0 bridgehead atoms. The third-order valence-electron chi connectivity index (χ3n) is 14.5. The second kappa shape index (κ2) is 46.9. The van der Waals surface area contributed by atoms with E-state index in [9.17, 15) is 109 Å². The van der Waals surface area contributed by atoms with Crippen LogP contribution in [0.3, 0.4) is 0 Å². The zero-order valence-electron chi connectivity index (χ0n) is 55.5. The van der Waals surface area contributed by atoms with Crippen molar-refractivity contribution in [3.63, 3.8) is 0 Å². The van der Waals surface area contributed by atoms with Crippen molar-refractivity contribution in [2.75, 3.05) is 39.1 Å². The minimum Gasteiger partial charge on any atom is -0.870 e. The Hall–Kier alpha value is -1.75. The van der Waals surface area contributed by atoms with Crippen molar-refractivity contribution in [1.82, 2.24) is 0 Å². The Labute approximate surface area is 581 Å². The number of phosphoric ester groups is 1. The Balaban J connectivity index is 0. The van der Waals surface area contributed by atoms with Gasteiger partial charge in [0.05, 0.1) is 92.7 Å². The molecule has 0 radical (unpaired) electrons. The maximum absolute atomic E-state index is 13.0. The number of hydrogen-bond acceptors (Lipinski definition) is 36. The minimum atomic E-state index is -4.65. The monoisotopic (exact) mass is 1490 g/mol. The van der Waals surface area contributed by atoms with E-state index in [1.807, 2.05) is 0 Å². The second-order valence-corrected chi connectivity index (χ2v) is 28.2. The first-order valence-corrected chi connectivity index (χ1v) is 35.2. The molecule has 5 rings (SSSR count). The summed E-state index contributed by atoms with van der Waals surface area (Å²) in [6, 6.07) is 0. The van der Waals surface area contributed by atoms with Crippen LogP contribution in [-0.2, 0) is 84.2 Å². The van der Waals surface area contributed by atoms with E-state index in [0.29, 0.717) is 13.0 Å². The van der Waals surface area contributed by atoms with Gasteiger partial charge in [-0.3, -0.25) is 33.8 Å². The van der Waals surface area contributed by atoms with Crippen molar-refractivity contribution < 1.29 is 225 Å². The number of carbonyl (C=O) groups is 3. The molecule has 20 N–H and O–H groups in total. The molecule has 0 aromatic carbocycles. The Morgan fingerprint density at radius 1 is 0.433 bits per heavy atom. The van der Waals surface area contributed by atoms with Gasteiger partial charge in [-0.15, -0.1) is 6.42 Å². The summed E-state index contributed by atoms with van der Waals surface area (Å²) in [5, 5.41) is 143. The van der Waals surface area contributed by atoms with Gasteiger partial charge in [0.25, 0.3) is 0 Å². The number of aliphatic hydroxyl groups is 15. The summed E-state index contributed by atoms with van der Waals surface area (Å²) in [7, 11) is -12.8. The third-order valence-corrected chi connectivity index (χ3v) is 17.7. The molecule has 25 atom stereocenters. The van der Waals surface area contributed by atoms with Gasteiger partial charge in [0.15, 0.2) is 0 Å². The van der Waals surface area contributed by atoms with Crippen molar-refractivity contribution >= 4 is 47.6 Å². The molecule has 5 saturated heterocycles. The number of phosphoric acid groups is 1. The molecule has 0 aromatic rings. The van der Waals surface area contributed by atoms with Crippen LogP contribution in [0.25, 0.3) is 0 Å². The molecule has 0 aliphatic carbocycles. The molecule has 97 heavy (non-hydrogen) atoms. The topological polar surface area (TPSA) is 654 Å². The largest absolute Gasteiger partial charge is 1.00 e. The average molecular weight is 1490 g/mol. The Morgan fingerprint density at radius 2 is 0.732 bits per heavy atom. The van der Waals surface area contributed by atoms with E-state index < -0.39 is 226 Å². The van der Waals surface area contributed by atoms with E-state index in [0.717, 1.165) is 0 Å². The van der Waals surface area contributed by atoms with E-state index in [1.54, 1.807) is 54.8 Å². The van der Waals surface area contributed by atoms with E-state index in [1.165, 1.54) is 20.8 Å². The molecule has 0 saturated carbocycles. The molecule has 25 unspecified atom stereocenters. The van der Waals surface area contributed by atoms with Crippen LogP contribution < -0.4 is 29.6 Å². The van der Waals surface area contributed by atoms with Crippen LogP contribution >= 0.6 is 23.0 Å². The summed E-state index contributed by atoms with van der Waals surface area (Å²) < 4.78 is 98.3. The summed E-state index contributed by atoms with van der Waals surface area (Å²) in [6.45, 7) is 14.0. The van der Waals surface area contributed by atoms with Gasteiger partial charge in [0, 0.05) is 6.42 Å². The predicted octanol–water partition coefficient (Wildman–Crippen LogP) is -7.33. The maximum atomic E-state index is 13.0. The fraction of sp³-hybridized carbons (Fsp3) is 0.925. The van der Waals surface area contributed by atoms with Crippen LogP contribution in [0.15, 0.2) is 0 Å². The van der Waals surface area contributed by atoms with Crippen molar-refractivity contribution in [3.8, 4) is 0 Å². The van der Waals surface area contributed by atoms with Gasteiger partial charge in [-0.05, 0) is 94.9 Å². The molecule has 5 aliphatic rings. The van der Waals surface area contributed by atoms with E-state index in [-0.39, 0.29) is 79.3 Å². The van der Waals surface area contributed by atoms with Crippen molar-refractivity contribution in [3.05, 3.63) is 0 Å². The fourth-order valence-electron chi connectivity index (χ4n) is 9.15. The van der Waals surface area contributed by atoms with Crippen molar-refractivity contribution in [2.24, 2.45) is 0 Å². The molecule has 5 fully saturated rings. The molecule has 40 nitrogen and oxygen atoms in total. The minimum absolute atomic E-state index is 0. The normalized spacial score (nSPS) is 35.1. The Kier molecular flexibility index (Phi) is 47.0. The second-order valence-electron chi connectivity index (χ2n) is 23.0. The van der Waals surface area contributed by atoms with Gasteiger partial charge >= 0.3 is 70.9 Å². The maximum Gasteiger partial charge on any atom is 1.00 e. The van der Waals surface area contributed by atoms with Crippen LogP contribution in [0, 0.1) is 0 Å². The summed E-state index contributed by atoms with van der Waals surface area (Å²) in [4.78, 5) is 78.3. The summed E-state index contributed by atoms with van der Waals surface area (Å²) >= 11 is 0. The Bertz CT molecular complexity index is 2270. The zero-order valence-corrected chi connectivity index (χ0v) is 60.2.